The maximum absolute atomic E-state index is 12.6. The summed E-state index contributed by atoms with van der Waals surface area (Å²) in [6.07, 6.45) is 5.35. The summed E-state index contributed by atoms with van der Waals surface area (Å²) in [5.41, 5.74) is 4.29. The zero-order valence-electron chi connectivity index (χ0n) is 10.4. The van der Waals surface area contributed by atoms with E-state index >= 15 is 0 Å². The van der Waals surface area contributed by atoms with Crippen LogP contribution in [-0.4, -0.2) is 10.8 Å². The van der Waals surface area contributed by atoms with Crippen molar-refractivity contribution in [1.82, 2.24) is 4.98 Å². The Labute approximate surface area is 107 Å². The van der Waals surface area contributed by atoms with Gasteiger partial charge in [0, 0.05) is 23.9 Å². The van der Waals surface area contributed by atoms with Gasteiger partial charge < -0.3 is 0 Å². The molecule has 1 aliphatic rings. The van der Waals surface area contributed by atoms with Crippen molar-refractivity contribution in [2.45, 2.75) is 25.7 Å². The molecule has 2 nitrogen and oxygen atoms in total. The lowest BCUT2D eigenvalue weighted by molar-refractivity contribution is 0.0958. The van der Waals surface area contributed by atoms with Crippen molar-refractivity contribution in [1.29, 1.82) is 0 Å². The van der Waals surface area contributed by atoms with Gasteiger partial charge in [0.2, 0.25) is 0 Å². The lowest BCUT2D eigenvalue weighted by Gasteiger charge is -2.11. The summed E-state index contributed by atoms with van der Waals surface area (Å²) < 4.78 is 0. The predicted molar refractivity (Wildman–Crippen MR) is 70.8 cm³/mol. The fourth-order valence-corrected chi connectivity index (χ4v) is 2.74. The number of hydrogen-bond donors (Lipinski definition) is 0. The summed E-state index contributed by atoms with van der Waals surface area (Å²) in [5, 5.41) is 0. The van der Waals surface area contributed by atoms with E-state index in [9.17, 15) is 4.79 Å². The van der Waals surface area contributed by atoms with Gasteiger partial charge in [0.05, 0.1) is 0 Å². The van der Waals surface area contributed by atoms with Crippen molar-refractivity contribution in [3.8, 4) is 0 Å². The Hall–Kier alpha value is -1.96. The first-order chi connectivity index (χ1) is 8.77. The van der Waals surface area contributed by atoms with Crippen molar-refractivity contribution >= 4 is 5.78 Å². The van der Waals surface area contributed by atoms with Gasteiger partial charge in [0.1, 0.15) is 0 Å². The van der Waals surface area contributed by atoms with E-state index in [1.54, 1.807) is 12.4 Å². The Balaban J connectivity index is 1.99. The molecule has 0 spiro atoms. The predicted octanol–water partition coefficient (Wildman–Crippen LogP) is 3.30. The minimum Gasteiger partial charge on any atom is -0.293 e. The molecule has 18 heavy (non-hydrogen) atoms. The molecule has 1 atom stereocenters. The van der Waals surface area contributed by atoms with Crippen LogP contribution in [0.15, 0.2) is 42.7 Å². The molecule has 1 aromatic heterocycles. The molecule has 1 aliphatic carbocycles. The second-order valence-electron chi connectivity index (χ2n) is 4.84. The van der Waals surface area contributed by atoms with Crippen molar-refractivity contribution in [3.05, 3.63) is 65.0 Å². The SMILES string of the molecule is Cc1ccncc1C(=O)C1CCc2ccccc21. The third kappa shape index (κ3) is 1.74. The van der Waals surface area contributed by atoms with E-state index in [0.29, 0.717) is 0 Å². The maximum atomic E-state index is 12.6. The molecule has 1 aromatic carbocycles. The molecule has 0 N–H and O–H groups in total. The molecular weight excluding hydrogens is 222 g/mol. The highest BCUT2D eigenvalue weighted by Gasteiger charge is 2.29. The first kappa shape index (κ1) is 11.1. The highest BCUT2D eigenvalue weighted by molar-refractivity contribution is 6.02. The van der Waals surface area contributed by atoms with E-state index < -0.39 is 0 Å². The number of nitrogens with zero attached hydrogens (tertiary/aromatic N) is 1. The summed E-state index contributed by atoms with van der Waals surface area (Å²) in [7, 11) is 0. The van der Waals surface area contributed by atoms with Crippen molar-refractivity contribution in [2.24, 2.45) is 0 Å². The number of aryl methyl sites for hydroxylation is 2. The zero-order valence-corrected chi connectivity index (χ0v) is 10.4. The van der Waals surface area contributed by atoms with Crippen LogP contribution in [0.1, 0.15) is 39.4 Å². The van der Waals surface area contributed by atoms with Gasteiger partial charge in [-0.25, -0.2) is 0 Å². The minimum absolute atomic E-state index is 0.0177. The lowest BCUT2D eigenvalue weighted by Crippen LogP contribution is -2.12. The molecule has 0 bridgehead atoms. The number of carbonyl (C=O) groups is 1. The molecule has 0 amide bonds. The lowest BCUT2D eigenvalue weighted by atomic mass is 9.91. The third-order valence-corrected chi connectivity index (χ3v) is 3.75. The molecular formula is C16H15NO. The molecule has 1 unspecified atom stereocenters. The average molecular weight is 237 g/mol. The van der Waals surface area contributed by atoms with Gasteiger partial charge in [-0.2, -0.15) is 0 Å². The van der Waals surface area contributed by atoms with E-state index in [0.717, 1.165) is 24.0 Å². The van der Waals surface area contributed by atoms with Gasteiger partial charge in [-0.15, -0.1) is 0 Å². The Kier molecular flexibility index (Phi) is 2.71. The van der Waals surface area contributed by atoms with Gasteiger partial charge in [-0.1, -0.05) is 24.3 Å². The standard InChI is InChI=1S/C16H15NO/c1-11-8-9-17-10-15(11)16(18)14-7-6-12-4-2-3-5-13(12)14/h2-5,8-10,14H,6-7H2,1H3. The summed E-state index contributed by atoms with van der Waals surface area (Å²) in [6.45, 7) is 1.97. The van der Waals surface area contributed by atoms with Crippen LogP contribution < -0.4 is 0 Å². The number of rotatable bonds is 2. The largest absolute Gasteiger partial charge is 0.293 e. The summed E-state index contributed by atoms with van der Waals surface area (Å²) in [6, 6.07) is 10.2. The number of fused-ring (bicyclic) bond motifs is 1. The molecule has 0 radical (unpaired) electrons. The molecule has 0 fully saturated rings. The van der Waals surface area contributed by atoms with Crippen LogP contribution in [-0.2, 0) is 6.42 Å². The van der Waals surface area contributed by atoms with E-state index in [1.165, 1.54) is 11.1 Å². The number of pyridine rings is 1. The van der Waals surface area contributed by atoms with Gasteiger partial charge in [0.15, 0.2) is 5.78 Å². The first-order valence-electron chi connectivity index (χ1n) is 6.30. The monoisotopic (exact) mass is 237 g/mol. The summed E-state index contributed by atoms with van der Waals surface area (Å²) in [4.78, 5) is 16.7. The van der Waals surface area contributed by atoms with Gasteiger partial charge in [-0.05, 0) is 42.5 Å². The Morgan fingerprint density at radius 1 is 1.28 bits per heavy atom. The van der Waals surface area contributed by atoms with Crippen molar-refractivity contribution in [3.63, 3.8) is 0 Å². The average Bonchev–Trinajstić information content (AvgIpc) is 2.82. The third-order valence-electron chi connectivity index (χ3n) is 3.75. The van der Waals surface area contributed by atoms with E-state index in [-0.39, 0.29) is 11.7 Å². The van der Waals surface area contributed by atoms with Crippen molar-refractivity contribution in [2.75, 3.05) is 0 Å². The number of carbonyl (C=O) groups excluding carboxylic acids is 1. The molecule has 0 saturated carbocycles. The zero-order chi connectivity index (χ0) is 12.5. The second-order valence-corrected chi connectivity index (χ2v) is 4.84. The van der Waals surface area contributed by atoms with Crippen LogP contribution >= 0.6 is 0 Å². The van der Waals surface area contributed by atoms with Gasteiger partial charge in [0.25, 0.3) is 0 Å². The molecule has 0 aliphatic heterocycles. The molecule has 1 heterocycles. The normalized spacial score (nSPS) is 17.5. The van der Waals surface area contributed by atoms with Crippen LogP contribution in [0.2, 0.25) is 0 Å². The topological polar surface area (TPSA) is 30.0 Å². The van der Waals surface area contributed by atoms with E-state index in [1.807, 2.05) is 25.1 Å². The number of benzene rings is 1. The maximum Gasteiger partial charge on any atom is 0.172 e. The Morgan fingerprint density at radius 3 is 2.94 bits per heavy atom. The van der Waals surface area contributed by atoms with E-state index in [2.05, 4.69) is 17.1 Å². The molecule has 2 aromatic rings. The van der Waals surface area contributed by atoms with Gasteiger partial charge in [-0.3, -0.25) is 9.78 Å². The quantitative estimate of drug-likeness (QED) is 0.750. The smallest absolute Gasteiger partial charge is 0.172 e. The highest BCUT2D eigenvalue weighted by atomic mass is 16.1. The molecule has 0 saturated heterocycles. The van der Waals surface area contributed by atoms with Gasteiger partial charge >= 0.3 is 0 Å². The Morgan fingerprint density at radius 2 is 2.11 bits per heavy atom. The Bertz CT molecular complexity index is 604. The summed E-state index contributed by atoms with van der Waals surface area (Å²) in [5.74, 6) is 0.231. The van der Waals surface area contributed by atoms with E-state index in [4.69, 9.17) is 0 Å². The van der Waals surface area contributed by atoms with Crippen LogP contribution in [0, 0.1) is 6.92 Å². The first-order valence-corrected chi connectivity index (χ1v) is 6.30. The second kappa shape index (κ2) is 4.37. The number of ketones is 1. The van der Waals surface area contributed by atoms with Crippen LogP contribution in [0.4, 0.5) is 0 Å². The number of hydrogen-bond acceptors (Lipinski definition) is 2. The fourth-order valence-electron chi connectivity index (χ4n) is 2.74. The molecule has 2 heteroatoms. The molecule has 90 valence electrons. The van der Waals surface area contributed by atoms with Crippen LogP contribution in [0.3, 0.4) is 0 Å². The fraction of sp³-hybridized carbons (Fsp3) is 0.250. The number of Topliss-reactive ketones (excluding diaryl/α,β-unsaturated/α-hetero) is 1. The number of aromatic nitrogens is 1. The highest BCUT2D eigenvalue weighted by Crippen LogP contribution is 2.35. The van der Waals surface area contributed by atoms with Crippen LogP contribution in [0.25, 0.3) is 0 Å². The van der Waals surface area contributed by atoms with Crippen molar-refractivity contribution < 1.29 is 4.79 Å². The minimum atomic E-state index is 0.0177. The molecule has 3 rings (SSSR count). The van der Waals surface area contributed by atoms with Crippen LogP contribution in [0.5, 0.6) is 0 Å². The summed E-state index contributed by atoms with van der Waals surface area (Å²) >= 11 is 0.